The molecule has 0 saturated carbocycles. The van der Waals surface area contributed by atoms with Gasteiger partial charge in [0.25, 0.3) is 0 Å². The number of aromatic nitrogens is 3. The van der Waals surface area contributed by atoms with Crippen molar-refractivity contribution >= 4 is 11.5 Å². The first-order chi connectivity index (χ1) is 9.65. The predicted molar refractivity (Wildman–Crippen MR) is 79.8 cm³/mol. The molecule has 0 aliphatic carbocycles. The minimum Gasteiger partial charge on any atom is -0.481 e. The number of nitrogens with zero attached hydrogens (tertiary/aromatic N) is 3. The van der Waals surface area contributed by atoms with Crippen LogP contribution in [0.15, 0.2) is 18.3 Å². The molecule has 2 rings (SSSR count). The molecule has 6 heteroatoms. The summed E-state index contributed by atoms with van der Waals surface area (Å²) < 4.78 is 7.04. The van der Waals surface area contributed by atoms with E-state index >= 15 is 0 Å². The Balaban J connectivity index is 2.13. The topological polar surface area (TPSA) is 78.0 Å². The minimum atomic E-state index is 0.607. The maximum atomic E-state index is 6.07. The van der Waals surface area contributed by atoms with Crippen molar-refractivity contribution in [3.63, 3.8) is 0 Å². The van der Waals surface area contributed by atoms with Crippen LogP contribution >= 0.6 is 0 Å². The first-order valence-electron chi connectivity index (χ1n) is 6.71. The summed E-state index contributed by atoms with van der Waals surface area (Å²) in [7, 11) is 1.61. The number of hydrogen-bond donors (Lipinski definition) is 2. The Bertz CT molecular complexity index is 579. The average molecular weight is 275 g/mol. The van der Waals surface area contributed by atoms with Crippen LogP contribution in [-0.2, 0) is 13.1 Å². The van der Waals surface area contributed by atoms with Crippen LogP contribution in [0.4, 0.5) is 11.5 Å². The Morgan fingerprint density at radius 2 is 2.25 bits per heavy atom. The summed E-state index contributed by atoms with van der Waals surface area (Å²) in [4.78, 5) is 4.09. The molecule has 0 aliphatic heterocycles. The van der Waals surface area contributed by atoms with Gasteiger partial charge in [0, 0.05) is 25.4 Å². The van der Waals surface area contributed by atoms with E-state index in [0.29, 0.717) is 18.1 Å². The van der Waals surface area contributed by atoms with Crippen molar-refractivity contribution in [2.45, 2.75) is 33.4 Å². The van der Waals surface area contributed by atoms with Crippen LogP contribution in [0.2, 0.25) is 0 Å². The molecule has 0 spiro atoms. The van der Waals surface area contributed by atoms with Crippen molar-refractivity contribution in [2.24, 2.45) is 0 Å². The quantitative estimate of drug-likeness (QED) is 0.845. The van der Waals surface area contributed by atoms with Crippen molar-refractivity contribution in [2.75, 3.05) is 18.2 Å². The Morgan fingerprint density at radius 3 is 2.95 bits per heavy atom. The molecule has 0 aliphatic rings. The Kier molecular flexibility index (Phi) is 4.45. The average Bonchev–Trinajstić information content (AvgIpc) is 2.72. The highest BCUT2D eigenvalue weighted by atomic mass is 16.5. The van der Waals surface area contributed by atoms with E-state index in [1.165, 1.54) is 0 Å². The summed E-state index contributed by atoms with van der Waals surface area (Å²) in [5.41, 5.74) is 8.72. The molecule has 20 heavy (non-hydrogen) atoms. The number of methoxy groups -OCH3 is 1. The highest BCUT2D eigenvalue weighted by Crippen LogP contribution is 2.23. The molecule has 2 aromatic rings. The SMILES string of the molecule is CCCn1nc(C)c(N)c1NCc1ccnc(OC)c1. The van der Waals surface area contributed by atoms with Crippen molar-refractivity contribution in [3.8, 4) is 5.88 Å². The molecule has 3 N–H and O–H groups in total. The predicted octanol–water partition coefficient (Wildman–Crippen LogP) is 2.20. The maximum absolute atomic E-state index is 6.07. The third-order valence-electron chi connectivity index (χ3n) is 3.08. The zero-order chi connectivity index (χ0) is 14.5. The lowest BCUT2D eigenvalue weighted by molar-refractivity contribution is 0.397. The van der Waals surface area contributed by atoms with E-state index < -0.39 is 0 Å². The maximum Gasteiger partial charge on any atom is 0.213 e. The van der Waals surface area contributed by atoms with E-state index in [2.05, 4.69) is 22.3 Å². The summed E-state index contributed by atoms with van der Waals surface area (Å²) >= 11 is 0. The molecule has 0 saturated heterocycles. The molecule has 0 atom stereocenters. The smallest absolute Gasteiger partial charge is 0.213 e. The molecular weight excluding hydrogens is 254 g/mol. The number of rotatable bonds is 6. The van der Waals surface area contributed by atoms with Crippen LogP contribution in [0.25, 0.3) is 0 Å². The van der Waals surface area contributed by atoms with E-state index in [0.717, 1.165) is 30.0 Å². The number of nitrogens with one attached hydrogen (secondary N) is 1. The third kappa shape index (κ3) is 3.01. The fraction of sp³-hybridized carbons (Fsp3) is 0.429. The van der Waals surface area contributed by atoms with Gasteiger partial charge in [0.05, 0.1) is 18.5 Å². The van der Waals surface area contributed by atoms with E-state index in [-0.39, 0.29) is 0 Å². The Hall–Kier alpha value is -2.24. The van der Waals surface area contributed by atoms with Crippen LogP contribution in [0.5, 0.6) is 5.88 Å². The molecule has 108 valence electrons. The lowest BCUT2D eigenvalue weighted by Gasteiger charge is -2.10. The van der Waals surface area contributed by atoms with Gasteiger partial charge in [-0.1, -0.05) is 6.92 Å². The Labute approximate surface area is 119 Å². The number of aryl methyl sites for hydroxylation is 2. The van der Waals surface area contributed by atoms with Gasteiger partial charge >= 0.3 is 0 Å². The largest absolute Gasteiger partial charge is 0.481 e. The second-order valence-electron chi connectivity index (χ2n) is 4.63. The normalized spacial score (nSPS) is 10.6. The lowest BCUT2D eigenvalue weighted by Crippen LogP contribution is -2.09. The number of nitrogen functional groups attached to an aromatic ring is 1. The molecule has 0 bridgehead atoms. The van der Waals surface area contributed by atoms with Gasteiger partial charge in [-0.2, -0.15) is 5.10 Å². The van der Waals surface area contributed by atoms with Gasteiger partial charge in [-0.3, -0.25) is 0 Å². The molecule has 0 fully saturated rings. The van der Waals surface area contributed by atoms with Gasteiger partial charge in [-0.25, -0.2) is 9.67 Å². The zero-order valence-corrected chi connectivity index (χ0v) is 12.2. The molecule has 0 radical (unpaired) electrons. The molecule has 2 aromatic heterocycles. The number of hydrogen-bond acceptors (Lipinski definition) is 5. The van der Waals surface area contributed by atoms with Crippen molar-refractivity contribution in [1.29, 1.82) is 0 Å². The number of ether oxygens (including phenoxy) is 1. The van der Waals surface area contributed by atoms with Crippen LogP contribution in [-0.4, -0.2) is 21.9 Å². The standard InChI is InChI=1S/C14H21N5O/c1-4-7-19-14(13(15)10(2)18-19)17-9-11-5-6-16-12(8-11)20-3/h5-6,8,17H,4,7,9,15H2,1-3H3. The third-order valence-corrected chi connectivity index (χ3v) is 3.08. The van der Waals surface area contributed by atoms with E-state index in [1.54, 1.807) is 13.3 Å². The highest BCUT2D eigenvalue weighted by Gasteiger charge is 2.11. The van der Waals surface area contributed by atoms with Gasteiger partial charge in [-0.15, -0.1) is 0 Å². The fourth-order valence-corrected chi connectivity index (χ4v) is 2.01. The van der Waals surface area contributed by atoms with E-state index in [4.69, 9.17) is 10.5 Å². The van der Waals surface area contributed by atoms with Crippen LogP contribution < -0.4 is 15.8 Å². The fourth-order valence-electron chi connectivity index (χ4n) is 2.01. The van der Waals surface area contributed by atoms with Crippen molar-refractivity contribution in [3.05, 3.63) is 29.6 Å². The Morgan fingerprint density at radius 1 is 1.45 bits per heavy atom. The van der Waals surface area contributed by atoms with E-state index in [1.807, 2.05) is 23.7 Å². The molecule has 2 heterocycles. The van der Waals surface area contributed by atoms with E-state index in [9.17, 15) is 0 Å². The van der Waals surface area contributed by atoms with Crippen LogP contribution in [0, 0.1) is 6.92 Å². The molecule has 6 nitrogen and oxygen atoms in total. The monoisotopic (exact) mass is 275 g/mol. The number of anilines is 2. The molecule has 0 unspecified atom stereocenters. The van der Waals surface area contributed by atoms with Crippen molar-refractivity contribution in [1.82, 2.24) is 14.8 Å². The van der Waals surface area contributed by atoms with Crippen molar-refractivity contribution < 1.29 is 4.74 Å². The van der Waals surface area contributed by atoms with Crippen LogP contribution in [0.1, 0.15) is 24.6 Å². The second-order valence-corrected chi connectivity index (χ2v) is 4.63. The van der Waals surface area contributed by atoms with Gasteiger partial charge in [-0.05, 0) is 25.0 Å². The first-order valence-corrected chi connectivity index (χ1v) is 6.71. The van der Waals surface area contributed by atoms with Gasteiger partial charge < -0.3 is 15.8 Å². The summed E-state index contributed by atoms with van der Waals surface area (Å²) in [6.07, 6.45) is 2.74. The molecule has 0 aromatic carbocycles. The summed E-state index contributed by atoms with van der Waals surface area (Å²) in [6.45, 7) is 5.53. The van der Waals surface area contributed by atoms with Crippen LogP contribution in [0.3, 0.4) is 0 Å². The van der Waals surface area contributed by atoms with Gasteiger partial charge in [0.1, 0.15) is 5.82 Å². The number of nitrogens with two attached hydrogens (primary N) is 1. The molecule has 0 amide bonds. The summed E-state index contributed by atoms with van der Waals surface area (Å²) in [5, 5.41) is 7.78. The van der Waals surface area contributed by atoms with Gasteiger partial charge in [0.2, 0.25) is 5.88 Å². The molecular formula is C14H21N5O. The second kappa shape index (κ2) is 6.27. The van der Waals surface area contributed by atoms with Gasteiger partial charge in [0.15, 0.2) is 0 Å². The number of pyridine rings is 1. The summed E-state index contributed by atoms with van der Waals surface area (Å²) in [5.74, 6) is 1.48. The minimum absolute atomic E-state index is 0.607. The first kappa shape index (κ1) is 14.2. The lowest BCUT2D eigenvalue weighted by atomic mass is 10.2. The highest BCUT2D eigenvalue weighted by molar-refractivity contribution is 5.64. The zero-order valence-electron chi connectivity index (χ0n) is 12.2. The summed E-state index contributed by atoms with van der Waals surface area (Å²) in [6, 6.07) is 3.84.